The molecule has 0 spiro atoms. The second-order valence-corrected chi connectivity index (χ2v) is 4.22. The Morgan fingerprint density at radius 2 is 2.18 bits per heavy atom. The lowest BCUT2D eigenvalue weighted by Crippen LogP contribution is -2.12. The Morgan fingerprint density at radius 3 is 2.76 bits per heavy atom. The van der Waals surface area contributed by atoms with E-state index in [1.54, 1.807) is 0 Å². The molecule has 1 aromatic heterocycles. The molecular weight excluding hydrogens is 214 g/mol. The summed E-state index contributed by atoms with van der Waals surface area (Å²) in [5, 5.41) is 7.79. The smallest absolute Gasteiger partial charge is 0.269 e. The topological polar surface area (TPSA) is 71.8 Å². The van der Waals surface area contributed by atoms with E-state index in [9.17, 15) is 4.79 Å². The first-order valence-corrected chi connectivity index (χ1v) is 5.97. The van der Waals surface area contributed by atoms with Crippen LogP contribution in [0, 0.1) is 0 Å². The van der Waals surface area contributed by atoms with Crippen LogP contribution in [0.4, 0.5) is 0 Å². The van der Waals surface area contributed by atoms with Crippen molar-refractivity contribution >= 4 is 16.8 Å². The van der Waals surface area contributed by atoms with Crippen molar-refractivity contribution in [1.82, 2.24) is 10.2 Å². The molecule has 17 heavy (non-hydrogen) atoms. The zero-order valence-electron chi connectivity index (χ0n) is 10.2. The lowest BCUT2D eigenvalue weighted by atomic mass is 9.99. The van der Waals surface area contributed by atoms with E-state index in [4.69, 9.17) is 5.73 Å². The number of carbonyl (C=O) groups excluding carboxylic acids is 1. The number of hydrogen-bond acceptors (Lipinski definition) is 2. The molecule has 4 heteroatoms. The van der Waals surface area contributed by atoms with Crippen molar-refractivity contribution in [1.29, 1.82) is 0 Å². The van der Waals surface area contributed by atoms with Gasteiger partial charge in [0.25, 0.3) is 5.91 Å². The van der Waals surface area contributed by atoms with Gasteiger partial charge in [-0.3, -0.25) is 9.89 Å². The van der Waals surface area contributed by atoms with Gasteiger partial charge >= 0.3 is 0 Å². The van der Waals surface area contributed by atoms with Gasteiger partial charge in [-0.05, 0) is 30.0 Å². The fourth-order valence-corrected chi connectivity index (χ4v) is 2.16. The standard InChI is InChI=1S/C13H17N3O/c1-3-5-9-6-8(4-2)7-10-11(9)12(13(14)17)16-15-10/h6-7H,3-5H2,1-2H3,(H2,14,17)(H,15,16). The van der Waals surface area contributed by atoms with Gasteiger partial charge in [0.05, 0.1) is 5.52 Å². The van der Waals surface area contributed by atoms with Gasteiger partial charge in [0, 0.05) is 5.39 Å². The van der Waals surface area contributed by atoms with E-state index in [-0.39, 0.29) is 0 Å². The Balaban J connectivity index is 2.70. The molecule has 90 valence electrons. The number of nitrogens with two attached hydrogens (primary N) is 1. The number of hydrogen-bond donors (Lipinski definition) is 2. The third kappa shape index (κ3) is 2.02. The molecule has 0 aliphatic rings. The highest BCUT2D eigenvalue weighted by Crippen LogP contribution is 2.24. The van der Waals surface area contributed by atoms with Crippen LogP contribution < -0.4 is 5.73 Å². The highest BCUT2D eigenvalue weighted by molar-refractivity contribution is 6.05. The first-order chi connectivity index (χ1) is 8.17. The van der Waals surface area contributed by atoms with Crippen molar-refractivity contribution in [3.8, 4) is 0 Å². The van der Waals surface area contributed by atoms with E-state index in [1.807, 2.05) is 6.07 Å². The summed E-state index contributed by atoms with van der Waals surface area (Å²) in [6.07, 6.45) is 2.94. The number of benzene rings is 1. The molecule has 0 saturated carbocycles. The highest BCUT2D eigenvalue weighted by Gasteiger charge is 2.15. The third-order valence-electron chi connectivity index (χ3n) is 2.97. The zero-order valence-corrected chi connectivity index (χ0v) is 10.2. The van der Waals surface area contributed by atoms with Crippen molar-refractivity contribution < 1.29 is 4.79 Å². The van der Waals surface area contributed by atoms with E-state index in [2.05, 4.69) is 30.1 Å². The number of fused-ring (bicyclic) bond motifs is 1. The van der Waals surface area contributed by atoms with E-state index in [0.29, 0.717) is 5.69 Å². The molecule has 0 bridgehead atoms. The molecule has 3 N–H and O–H groups in total. The van der Waals surface area contributed by atoms with Gasteiger partial charge in [-0.25, -0.2) is 0 Å². The number of nitrogens with one attached hydrogen (secondary N) is 1. The molecule has 0 unspecified atom stereocenters. The minimum Gasteiger partial charge on any atom is -0.364 e. The van der Waals surface area contributed by atoms with E-state index in [0.717, 1.165) is 35.7 Å². The second-order valence-electron chi connectivity index (χ2n) is 4.22. The molecular formula is C13H17N3O. The van der Waals surface area contributed by atoms with Crippen LogP contribution >= 0.6 is 0 Å². The Kier molecular flexibility index (Phi) is 3.13. The summed E-state index contributed by atoms with van der Waals surface area (Å²) in [5.41, 5.74) is 9.00. The number of nitrogens with zero attached hydrogens (tertiary/aromatic N) is 1. The molecule has 2 aromatic rings. The Morgan fingerprint density at radius 1 is 1.41 bits per heavy atom. The molecule has 1 heterocycles. The van der Waals surface area contributed by atoms with Gasteiger partial charge in [-0.2, -0.15) is 5.10 Å². The first kappa shape index (κ1) is 11.6. The zero-order chi connectivity index (χ0) is 12.4. The largest absolute Gasteiger partial charge is 0.364 e. The Hall–Kier alpha value is -1.84. The van der Waals surface area contributed by atoms with Crippen LogP contribution in [0.5, 0.6) is 0 Å². The maximum Gasteiger partial charge on any atom is 0.269 e. The number of carbonyl (C=O) groups is 1. The second kappa shape index (κ2) is 4.57. The van der Waals surface area contributed by atoms with Crippen LogP contribution in [-0.2, 0) is 12.8 Å². The van der Waals surface area contributed by atoms with Gasteiger partial charge in [0.15, 0.2) is 5.69 Å². The lowest BCUT2D eigenvalue weighted by molar-refractivity contribution is 0.0997. The first-order valence-electron chi connectivity index (χ1n) is 5.97. The average molecular weight is 231 g/mol. The van der Waals surface area contributed by atoms with Gasteiger partial charge in [0.2, 0.25) is 0 Å². The molecule has 2 rings (SSSR count). The molecule has 0 atom stereocenters. The van der Waals surface area contributed by atoms with Crippen molar-refractivity contribution in [2.75, 3.05) is 0 Å². The third-order valence-corrected chi connectivity index (χ3v) is 2.97. The number of aromatic nitrogens is 2. The molecule has 0 radical (unpaired) electrons. The van der Waals surface area contributed by atoms with Crippen molar-refractivity contribution in [2.24, 2.45) is 5.73 Å². The fourth-order valence-electron chi connectivity index (χ4n) is 2.16. The SMILES string of the molecule is CCCc1cc(CC)cc2[nH]nc(C(N)=O)c12. The molecule has 4 nitrogen and oxygen atoms in total. The number of amides is 1. The summed E-state index contributed by atoms with van der Waals surface area (Å²) in [6.45, 7) is 4.23. The van der Waals surface area contributed by atoms with Crippen LogP contribution in [0.25, 0.3) is 10.9 Å². The number of primary amides is 1. The lowest BCUT2D eigenvalue weighted by Gasteiger charge is -2.05. The summed E-state index contributed by atoms with van der Waals surface area (Å²) in [7, 11) is 0. The molecule has 0 saturated heterocycles. The van der Waals surface area contributed by atoms with Gasteiger partial charge in [0.1, 0.15) is 0 Å². The molecule has 0 aliphatic heterocycles. The number of rotatable bonds is 4. The fraction of sp³-hybridized carbons (Fsp3) is 0.385. The van der Waals surface area contributed by atoms with Crippen LogP contribution in [-0.4, -0.2) is 16.1 Å². The molecule has 1 amide bonds. The average Bonchev–Trinajstić information content (AvgIpc) is 2.73. The van der Waals surface area contributed by atoms with Gasteiger partial charge in [-0.1, -0.05) is 26.3 Å². The van der Waals surface area contributed by atoms with Crippen LogP contribution in [0.15, 0.2) is 12.1 Å². The van der Waals surface area contributed by atoms with E-state index >= 15 is 0 Å². The van der Waals surface area contributed by atoms with Crippen molar-refractivity contribution in [3.05, 3.63) is 29.0 Å². The number of H-pyrrole nitrogens is 1. The summed E-state index contributed by atoms with van der Waals surface area (Å²) in [6, 6.07) is 4.18. The van der Waals surface area contributed by atoms with Gasteiger partial charge < -0.3 is 5.73 Å². The van der Waals surface area contributed by atoms with Crippen LogP contribution in [0.3, 0.4) is 0 Å². The minimum atomic E-state index is -0.474. The van der Waals surface area contributed by atoms with E-state index in [1.165, 1.54) is 5.56 Å². The van der Waals surface area contributed by atoms with Gasteiger partial charge in [-0.15, -0.1) is 0 Å². The number of aromatic amines is 1. The van der Waals surface area contributed by atoms with Crippen molar-refractivity contribution in [3.63, 3.8) is 0 Å². The maximum atomic E-state index is 11.3. The Bertz CT molecular complexity index is 557. The predicted octanol–water partition coefficient (Wildman–Crippen LogP) is 2.18. The number of aryl methyl sites for hydroxylation is 2. The molecule has 0 fully saturated rings. The highest BCUT2D eigenvalue weighted by atomic mass is 16.1. The summed E-state index contributed by atoms with van der Waals surface area (Å²) in [5.74, 6) is -0.474. The normalized spacial score (nSPS) is 10.9. The summed E-state index contributed by atoms with van der Waals surface area (Å²) in [4.78, 5) is 11.3. The molecule has 0 aliphatic carbocycles. The predicted molar refractivity (Wildman–Crippen MR) is 68.0 cm³/mol. The quantitative estimate of drug-likeness (QED) is 0.846. The monoisotopic (exact) mass is 231 g/mol. The van der Waals surface area contributed by atoms with Crippen molar-refractivity contribution in [2.45, 2.75) is 33.1 Å². The minimum absolute atomic E-state index is 0.353. The Labute approximate surface area is 100 Å². The van der Waals surface area contributed by atoms with Crippen LogP contribution in [0.1, 0.15) is 41.9 Å². The summed E-state index contributed by atoms with van der Waals surface area (Å²) < 4.78 is 0. The maximum absolute atomic E-state index is 11.3. The van der Waals surface area contributed by atoms with Crippen LogP contribution in [0.2, 0.25) is 0 Å². The summed E-state index contributed by atoms with van der Waals surface area (Å²) >= 11 is 0. The molecule has 1 aromatic carbocycles. The van der Waals surface area contributed by atoms with E-state index < -0.39 is 5.91 Å².